The van der Waals surface area contributed by atoms with Crippen molar-refractivity contribution < 1.29 is 9.59 Å². The third kappa shape index (κ3) is 4.97. The van der Waals surface area contributed by atoms with Crippen LogP contribution in [0.4, 0.5) is 5.13 Å². The van der Waals surface area contributed by atoms with Gasteiger partial charge in [0.05, 0.1) is 27.2 Å². The maximum absolute atomic E-state index is 13.5. The second-order valence-electron chi connectivity index (χ2n) is 9.85. The molecule has 1 unspecified atom stereocenters. The molecule has 4 aromatic carbocycles. The topological polar surface area (TPSA) is 113 Å². The highest BCUT2D eigenvalue weighted by molar-refractivity contribution is 7.22. The predicted molar refractivity (Wildman–Crippen MR) is 167 cm³/mol. The molecule has 42 heavy (non-hydrogen) atoms. The Morgan fingerprint density at radius 1 is 0.833 bits per heavy atom. The zero-order valence-electron chi connectivity index (χ0n) is 22.2. The third-order valence-electron chi connectivity index (χ3n) is 7.14. The van der Waals surface area contributed by atoms with Gasteiger partial charge in [-0.2, -0.15) is 0 Å². The summed E-state index contributed by atoms with van der Waals surface area (Å²) in [6.45, 7) is 0.0967. The van der Waals surface area contributed by atoms with Crippen molar-refractivity contribution in [1.29, 1.82) is 0 Å². The molecule has 3 heterocycles. The van der Waals surface area contributed by atoms with E-state index in [0.29, 0.717) is 27.7 Å². The van der Waals surface area contributed by atoms with E-state index in [1.54, 1.807) is 6.07 Å². The highest BCUT2D eigenvalue weighted by Crippen LogP contribution is 2.28. The number of nitrogens with one attached hydrogen (secondary N) is 3. The van der Waals surface area contributed by atoms with Crippen LogP contribution in [-0.4, -0.2) is 38.3 Å². The number of pyridine rings is 1. The zero-order valence-corrected chi connectivity index (χ0v) is 23.1. The molecule has 0 aliphatic heterocycles. The minimum atomic E-state index is -0.627. The number of H-pyrrole nitrogens is 1. The van der Waals surface area contributed by atoms with Crippen LogP contribution in [0.2, 0.25) is 0 Å². The van der Waals surface area contributed by atoms with Crippen LogP contribution in [0.3, 0.4) is 0 Å². The number of para-hydroxylation sites is 2. The molecule has 0 aliphatic rings. The molecule has 8 nitrogen and oxygen atoms in total. The highest BCUT2D eigenvalue weighted by Gasteiger charge is 2.24. The molecule has 0 aliphatic carbocycles. The number of carbonyl (C=O) groups excluding carboxylic acids is 2. The summed E-state index contributed by atoms with van der Waals surface area (Å²) in [5, 5.41) is 8.53. The number of hydrogen-bond acceptors (Lipinski definition) is 6. The number of imidazole rings is 1. The number of fused-ring (bicyclic) bond motifs is 3. The SMILES string of the molecule is O=C(NCC(C(=O)Nc1nc2ccccc2s1)c1ccccc1)c1cccc2[nH]c(-c3cc4ccccc4cn3)nc12. The van der Waals surface area contributed by atoms with Crippen LogP contribution in [0.25, 0.3) is 43.5 Å². The van der Waals surface area contributed by atoms with Crippen LogP contribution in [-0.2, 0) is 4.79 Å². The number of thiazole rings is 1. The maximum atomic E-state index is 13.5. The first-order chi connectivity index (χ1) is 20.6. The van der Waals surface area contributed by atoms with E-state index in [2.05, 4.69) is 25.6 Å². The Kier molecular flexibility index (Phi) is 6.61. The molecular weight excluding hydrogens is 544 g/mol. The van der Waals surface area contributed by atoms with Gasteiger partial charge in [0.2, 0.25) is 5.91 Å². The van der Waals surface area contributed by atoms with Crippen LogP contribution in [0.1, 0.15) is 21.8 Å². The second kappa shape index (κ2) is 10.9. The van der Waals surface area contributed by atoms with Crippen LogP contribution >= 0.6 is 11.3 Å². The van der Waals surface area contributed by atoms with Crippen LogP contribution in [0.15, 0.2) is 109 Å². The lowest BCUT2D eigenvalue weighted by Gasteiger charge is -2.17. The molecule has 3 aromatic heterocycles. The van der Waals surface area contributed by atoms with Gasteiger partial charge in [0, 0.05) is 18.1 Å². The van der Waals surface area contributed by atoms with Gasteiger partial charge in [-0.1, -0.05) is 84.1 Å². The summed E-state index contributed by atoms with van der Waals surface area (Å²) in [5.41, 5.74) is 3.98. The van der Waals surface area contributed by atoms with Crippen LogP contribution < -0.4 is 10.6 Å². The van der Waals surface area contributed by atoms with E-state index in [0.717, 1.165) is 32.1 Å². The Balaban J connectivity index is 1.14. The summed E-state index contributed by atoms with van der Waals surface area (Å²) >= 11 is 1.41. The molecule has 9 heteroatoms. The van der Waals surface area contributed by atoms with E-state index < -0.39 is 5.92 Å². The number of anilines is 1. The summed E-state index contributed by atoms with van der Waals surface area (Å²) in [6.07, 6.45) is 1.81. The molecular formula is C33H24N6O2S. The maximum Gasteiger partial charge on any atom is 0.253 e. The summed E-state index contributed by atoms with van der Waals surface area (Å²) in [7, 11) is 0. The van der Waals surface area contributed by atoms with Crippen LogP contribution in [0, 0.1) is 0 Å². The lowest BCUT2D eigenvalue weighted by atomic mass is 9.98. The van der Waals surface area contributed by atoms with E-state index in [-0.39, 0.29) is 18.4 Å². The molecule has 0 saturated carbocycles. The van der Waals surface area contributed by atoms with Gasteiger partial charge in [0.25, 0.3) is 5.91 Å². The number of rotatable bonds is 7. The number of amides is 2. The van der Waals surface area contributed by atoms with Gasteiger partial charge >= 0.3 is 0 Å². The number of aromatic amines is 1. The van der Waals surface area contributed by atoms with Crippen molar-refractivity contribution >= 4 is 60.3 Å². The minimum Gasteiger partial charge on any atom is -0.351 e. The Morgan fingerprint density at radius 3 is 2.48 bits per heavy atom. The van der Waals surface area contributed by atoms with Crippen molar-refractivity contribution in [3.8, 4) is 11.5 Å². The fraction of sp³-hybridized carbons (Fsp3) is 0.0606. The molecule has 0 bridgehead atoms. The summed E-state index contributed by atoms with van der Waals surface area (Å²) < 4.78 is 0.989. The first kappa shape index (κ1) is 25.6. The van der Waals surface area contributed by atoms with Crippen molar-refractivity contribution in [2.75, 3.05) is 11.9 Å². The van der Waals surface area contributed by atoms with E-state index in [1.165, 1.54) is 11.3 Å². The van der Waals surface area contributed by atoms with E-state index in [1.807, 2.05) is 103 Å². The quantitative estimate of drug-likeness (QED) is 0.202. The molecule has 2 amide bonds. The van der Waals surface area contributed by atoms with Gasteiger partial charge in [-0.3, -0.25) is 14.6 Å². The molecule has 0 fully saturated rings. The molecule has 0 spiro atoms. The zero-order chi connectivity index (χ0) is 28.5. The van der Waals surface area contributed by atoms with Gasteiger partial charge in [0.15, 0.2) is 11.0 Å². The fourth-order valence-corrected chi connectivity index (χ4v) is 5.87. The number of nitrogens with zero attached hydrogens (tertiary/aromatic N) is 3. The molecule has 7 rings (SSSR count). The average Bonchev–Trinajstić information content (AvgIpc) is 3.65. The first-order valence-corrected chi connectivity index (χ1v) is 14.3. The van der Waals surface area contributed by atoms with E-state index in [9.17, 15) is 9.59 Å². The molecule has 0 saturated heterocycles. The standard InChI is InChI=1S/C33H24N6O2S/c40-31(23-13-8-15-26-29(23)38-30(36-26)27-17-21-11-4-5-12-22(21)18-34-27)35-19-24(20-9-2-1-3-10-20)32(41)39-33-37-25-14-6-7-16-28(25)42-33/h1-18,24H,19H2,(H,35,40)(H,36,38)(H,37,39,41). The molecule has 204 valence electrons. The van der Waals surface area contributed by atoms with Gasteiger partial charge in [-0.25, -0.2) is 9.97 Å². The monoisotopic (exact) mass is 568 g/mol. The van der Waals surface area contributed by atoms with Gasteiger partial charge in [-0.05, 0) is 41.3 Å². The van der Waals surface area contributed by atoms with Crippen molar-refractivity contribution in [1.82, 2.24) is 25.3 Å². The third-order valence-corrected chi connectivity index (χ3v) is 8.09. The van der Waals surface area contributed by atoms with E-state index in [4.69, 9.17) is 4.98 Å². The summed E-state index contributed by atoms with van der Waals surface area (Å²) in [4.78, 5) is 44.1. The van der Waals surface area contributed by atoms with Crippen molar-refractivity contribution in [3.05, 3.63) is 120 Å². The highest BCUT2D eigenvalue weighted by atomic mass is 32.1. The lowest BCUT2D eigenvalue weighted by Crippen LogP contribution is -2.34. The molecule has 3 N–H and O–H groups in total. The Bertz CT molecular complexity index is 2050. The molecule has 0 radical (unpaired) electrons. The van der Waals surface area contributed by atoms with Crippen molar-refractivity contribution in [2.24, 2.45) is 0 Å². The van der Waals surface area contributed by atoms with Crippen molar-refractivity contribution in [2.45, 2.75) is 5.92 Å². The molecule has 1 atom stereocenters. The van der Waals surface area contributed by atoms with Crippen molar-refractivity contribution in [3.63, 3.8) is 0 Å². The minimum absolute atomic E-state index is 0.0967. The lowest BCUT2D eigenvalue weighted by molar-refractivity contribution is -0.117. The predicted octanol–water partition coefficient (Wildman–Crippen LogP) is 6.54. The van der Waals surface area contributed by atoms with E-state index >= 15 is 0 Å². The first-order valence-electron chi connectivity index (χ1n) is 13.5. The Morgan fingerprint density at radius 2 is 1.62 bits per heavy atom. The normalized spacial score (nSPS) is 12.0. The average molecular weight is 569 g/mol. The Hall–Kier alpha value is -5.41. The largest absolute Gasteiger partial charge is 0.351 e. The number of carbonyl (C=O) groups is 2. The fourth-order valence-electron chi connectivity index (χ4n) is 5.01. The molecule has 7 aromatic rings. The smallest absolute Gasteiger partial charge is 0.253 e. The summed E-state index contributed by atoms with van der Waals surface area (Å²) in [5.74, 6) is -0.617. The number of hydrogen-bond donors (Lipinski definition) is 3. The number of aromatic nitrogens is 4. The van der Waals surface area contributed by atoms with Crippen LogP contribution in [0.5, 0.6) is 0 Å². The summed E-state index contributed by atoms with van der Waals surface area (Å²) in [6, 6.07) is 32.5. The van der Waals surface area contributed by atoms with Gasteiger partial charge in [-0.15, -0.1) is 0 Å². The second-order valence-corrected chi connectivity index (χ2v) is 10.9. The number of benzene rings is 4. The van der Waals surface area contributed by atoms with Gasteiger partial charge < -0.3 is 15.6 Å². The van der Waals surface area contributed by atoms with Gasteiger partial charge in [0.1, 0.15) is 11.2 Å². The Labute approximate surface area is 244 Å².